The van der Waals surface area contributed by atoms with Gasteiger partial charge >= 0.3 is 0 Å². The summed E-state index contributed by atoms with van der Waals surface area (Å²) in [5, 5.41) is 0. The van der Waals surface area contributed by atoms with Crippen molar-refractivity contribution in [2.75, 3.05) is 6.54 Å². The quantitative estimate of drug-likeness (QED) is 0.745. The van der Waals surface area contributed by atoms with E-state index in [2.05, 4.69) is 9.71 Å². The van der Waals surface area contributed by atoms with E-state index in [1.54, 1.807) is 0 Å². The molecule has 2 aromatic carbocycles. The molecule has 0 aliphatic rings. The van der Waals surface area contributed by atoms with E-state index in [0.717, 1.165) is 16.9 Å². The Morgan fingerprint density at radius 1 is 1.12 bits per heavy atom. The van der Waals surface area contributed by atoms with Crippen molar-refractivity contribution in [1.29, 1.82) is 0 Å². The standard InChI is InChI=1S/C17H18FN3O2S/c1-21-16-5-3-2-4-15(16)20-17(21)10-11-19-24(22,23)12-13-6-8-14(18)9-7-13/h2-9,19H,10-12H2,1H3. The van der Waals surface area contributed by atoms with E-state index in [0.29, 0.717) is 12.0 Å². The fourth-order valence-corrected chi connectivity index (χ4v) is 3.73. The number of nitrogens with zero attached hydrogens (tertiary/aromatic N) is 2. The van der Waals surface area contributed by atoms with E-state index in [4.69, 9.17) is 0 Å². The van der Waals surface area contributed by atoms with E-state index < -0.39 is 10.0 Å². The molecule has 5 nitrogen and oxygen atoms in total. The molecule has 0 unspecified atom stereocenters. The average Bonchev–Trinajstić information content (AvgIpc) is 2.86. The first kappa shape index (κ1) is 16.6. The minimum absolute atomic E-state index is 0.171. The molecule has 0 saturated heterocycles. The highest BCUT2D eigenvalue weighted by molar-refractivity contribution is 7.88. The summed E-state index contributed by atoms with van der Waals surface area (Å²) < 4.78 is 41.6. The summed E-state index contributed by atoms with van der Waals surface area (Å²) in [5.74, 6) is 0.266. The highest BCUT2D eigenvalue weighted by atomic mass is 32.2. The number of imidazole rings is 1. The minimum Gasteiger partial charge on any atom is -0.331 e. The number of aromatic nitrogens is 2. The van der Waals surface area contributed by atoms with Gasteiger partial charge in [0, 0.05) is 20.0 Å². The molecule has 0 radical (unpaired) electrons. The van der Waals surface area contributed by atoms with Crippen molar-refractivity contribution < 1.29 is 12.8 Å². The average molecular weight is 347 g/mol. The van der Waals surface area contributed by atoms with Crippen molar-refractivity contribution in [3.05, 3.63) is 65.7 Å². The fraction of sp³-hybridized carbons (Fsp3) is 0.235. The Labute approximate surface area is 140 Å². The Morgan fingerprint density at radius 2 is 1.83 bits per heavy atom. The lowest BCUT2D eigenvalue weighted by molar-refractivity contribution is 0.579. The van der Waals surface area contributed by atoms with Gasteiger partial charge in [0.15, 0.2) is 0 Å². The third kappa shape index (κ3) is 3.80. The molecule has 0 saturated carbocycles. The summed E-state index contributed by atoms with van der Waals surface area (Å²) in [6.07, 6.45) is 0.494. The van der Waals surface area contributed by atoms with Crippen molar-refractivity contribution in [2.45, 2.75) is 12.2 Å². The zero-order valence-electron chi connectivity index (χ0n) is 13.2. The van der Waals surface area contributed by atoms with Crippen molar-refractivity contribution in [3.8, 4) is 0 Å². The molecular weight excluding hydrogens is 329 g/mol. The van der Waals surface area contributed by atoms with Gasteiger partial charge in [0.25, 0.3) is 0 Å². The van der Waals surface area contributed by atoms with E-state index >= 15 is 0 Å². The number of rotatable bonds is 6. The van der Waals surface area contributed by atoms with Crippen LogP contribution in [0.25, 0.3) is 11.0 Å². The van der Waals surface area contributed by atoms with Gasteiger partial charge in [-0.25, -0.2) is 22.5 Å². The number of sulfonamides is 1. The number of nitrogens with one attached hydrogen (secondary N) is 1. The van der Waals surface area contributed by atoms with Gasteiger partial charge < -0.3 is 4.57 Å². The Bertz CT molecular complexity index is 950. The summed E-state index contributed by atoms with van der Waals surface area (Å²) in [7, 11) is -1.56. The van der Waals surface area contributed by atoms with Gasteiger partial charge in [-0.3, -0.25) is 0 Å². The van der Waals surface area contributed by atoms with E-state index in [1.807, 2.05) is 35.9 Å². The highest BCUT2D eigenvalue weighted by Gasteiger charge is 2.13. The maximum absolute atomic E-state index is 12.9. The topological polar surface area (TPSA) is 64.0 Å². The van der Waals surface area contributed by atoms with Gasteiger partial charge in [-0.1, -0.05) is 24.3 Å². The molecule has 0 atom stereocenters. The number of hydrogen-bond acceptors (Lipinski definition) is 3. The van der Waals surface area contributed by atoms with Crippen molar-refractivity contribution >= 4 is 21.1 Å². The smallest absolute Gasteiger partial charge is 0.215 e. The molecule has 3 aromatic rings. The van der Waals surface area contributed by atoms with E-state index in [1.165, 1.54) is 24.3 Å². The predicted molar refractivity (Wildman–Crippen MR) is 91.4 cm³/mol. The molecule has 0 aliphatic heterocycles. The molecule has 3 rings (SSSR count). The highest BCUT2D eigenvalue weighted by Crippen LogP contribution is 2.14. The number of para-hydroxylation sites is 2. The van der Waals surface area contributed by atoms with Crippen molar-refractivity contribution in [3.63, 3.8) is 0 Å². The largest absolute Gasteiger partial charge is 0.331 e. The van der Waals surface area contributed by atoms with Crippen molar-refractivity contribution in [2.24, 2.45) is 7.05 Å². The zero-order valence-corrected chi connectivity index (χ0v) is 14.1. The lowest BCUT2D eigenvalue weighted by Crippen LogP contribution is -2.27. The lowest BCUT2D eigenvalue weighted by Gasteiger charge is -2.07. The number of halogens is 1. The lowest BCUT2D eigenvalue weighted by atomic mass is 10.2. The summed E-state index contributed by atoms with van der Waals surface area (Å²) in [6, 6.07) is 13.2. The Kier molecular flexibility index (Phi) is 4.64. The molecule has 0 fully saturated rings. The van der Waals surface area contributed by atoms with Crippen LogP contribution in [-0.4, -0.2) is 24.5 Å². The molecule has 7 heteroatoms. The second-order valence-electron chi connectivity index (χ2n) is 5.61. The minimum atomic E-state index is -3.47. The number of benzene rings is 2. The van der Waals surface area contributed by atoms with Gasteiger partial charge in [0.2, 0.25) is 10.0 Å². The Balaban J connectivity index is 1.62. The first-order valence-electron chi connectivity index (χ1n) is 7.57. The van der Waals surface area contributed by atoms with Crippen LogP contribution < -0.4 is 4.72 Å². The molecule has 0 amide bonds. The molecule has 0 spiro atoms. The number of aryl methyl sites for hydroxylation is 1. The van der Waals surface area contributed by atoms with Gasteiger partial charge in [0.05, 0.1) is 16.8 Å². The van der Waals surface area contributed by atoms with E-state index in [-0.39, 0.29) is 18.1 Å². The van der Waals surface area contributed by atoms with Crippen LogP contribution in [0.15, 0.2) is 48.5 Å². The van der Waals surface area contributed by atoms with Gasteiger partial charge in [-0.05, 0) is 29.8 Å². The SMILES string of the molecule is Cn1c(CCNS(=O)(=O)Cc2ccc(F)cc2)nc2ccccc21. The molecule has 24 heavy (non-hydrogen) atoms. The summed E-state index contributed by atoms with van der Waals surface area (Å²) in [6.45, 7) is 0.265. The van der Waals surface area contributed by atoms with Gasteiger partial charge in [0.1, 0.15) is 11.6 Å². The molecule has 0 bridgehead atoms. The second-order valence-corrected chi connectivity index (χ2v) is 7.41. The van der Waals surface area contributed by atoms with Crippen LogP contribution in [0.2, 0.25) is 0 Å². The third-order valence-corrected chi connectivity index (χ3v) is 5.18. The maximum Gasteiger partial charge on any atom is 0.215 e. The van der Waals surface area contributed by atoms with Crippen molar-refractivity contribution in [1.82, 2.24) is 14.3 Å². The van der Waals surface area contributed by atoms with Crippen LogP contribution in [0.3, 0.4) is 0 Å². The normalized spacial score (nSPS) is 11.9. The van der Waals surface area contributed by atoms with Crippen LogP contribution in [0.4, 0.5) is 4.39 Å². The number of fused-ring (bicyclic) bond motifs is 1. The van der Waals surface area contributed by atoms with Crippen LogP contribution in [0.1, 0.15) is 11.4 Å². The van der Waals surface area contributed by atoms with Gasteiger partial charge in [-0.2, -0.15) is 0 Å². The van der Waals surface area contributed by atoms with E-state index in [9.17, 15) is 12.8 Å². The first-order chi connectivity index (χ1) is 11.4. The molecule has 1 heterocycles. The summed E-state index contributed by atoms with van der Waals surface area (Å²) >= 11 is 0. The summed E-state index contributed by atoms with van der Waals surface area (Å²) in [5.41, 5.74) is 2.46. The summed E-state index contributed by atoms with van der Waals surface area (Å²) in [4.78, 5) is 4.51. The molecule has 0 aliphatic carbocycles. The molecular formula is C17H18FN3O2S. The van der Waals surface area contributed by atoms with Crippen LogP contribution in [-0.2, 0) is 29.2 Å². The Hall–Kier alpha value is -2.25. The first-order valence-corrected chi connectivity index (χ1v) is 9.22. The predicted octanol–water partition coefficient (Wildman–Crippen LogP) is 2.37. The molecule has 1 aromatic heterocycles. The van der Waals surface area contributed by atoms with Crippen LogP contribution in [0.5, 0.6) is 0 Å². The zero-order chi connectivity index (χ0) is 17.2. The maximum atomic E-state index is 12.9. The second kappa shape index (κ2) is 6.70. The monoisotopic (exact) mass is 347 g/mol. The van der Waals surface area contributed by atoms with Crippen LogP contribution in [0, 0.1) is 5.82 Å². The fourth-order valence-electron chi connectivity index (χ4n) is 2.59. The molecule has 1 N–H and O–H groups in total. The number of hydrogen-bond donors (Lipinski definition) is 1. The molecule has 126 valence electrons. The van der Waals surface area contributed by atoms with Gasteiger partial charge in [-0.15, -0.1) is 0 Å². The third-order valence-electron chi connectivity index (χ3n) is 3.82. The Morgan fingerprint density at radius 3 is 2.54 bits per heavy atom. The van der Waals surface area contributed by atoms with Crippen LogP contribution >= 0.6 is 0 Å².